The molecule has 24 heavy (non-hydrogen) atoms. The highest BCUT2D eigenvalue weighted by Crippen LogP contribution is 2.31. The smallest absolute Gasteiger partial charge is 0.277 e. The zero-order valence-corrected chi connectivity index (χ0v) is 13.3. The minimum Gasteiger partial charge on any atom is -0.493 e. The summed E-state index contributed by atoms with van der Waals surface area (Å²) in [6.07, 6.45) is 1.24. The van der Waals surface area contributed by atoms with Crippen molar-refractivity contribution >= 4 is 11.6 Å². The summed E-state index contributed by atoms with van der Waals surface area (Å²) < 4.78 is 16.1. The standard InChI is InChI=1S/C18H16N2O4/c1-12-17(19-11-23-12)18(21)20-13-7-9-14(10-8-13)24-16-6-4-3-5-15(16)22-2/h3-11H,1-2H3,(H,20,21). The number of carbonyl (C=O) groups is 1. The molecule has 1 heterocycles. The Morgan fingerprint density at radius 1 is 1.08 bits per heavy atom. The molecule has 2 aromatic carbocycles. The topological polar surface area (TPSA) is 73.6 Å². The summed E-state index contributed by atoms with van der Waals surface area (Å²) in [5, 5.41) is 2.76. The molecule has 6 heteroatoms. The van der Waals surface area contributed by atoms with Gasteiger partial charge in [0, 0.05) is 5.69 Å². The number of amides is 1. The summed E-state index contributed by atoms with van der Waals surface area (Å²) in [7, 11) is 1.59. The zero-order chi connectivity index (χ0) is 16.9. The van der Waals surface area contributed by atoms with Crippen LogP contribution in [0.2, 0.25) is 0 Å². The van der Waals surface area contributed by atoms with Gasteiger partial charge in [-0.2, -0.15) is 0 Å². The van der Waals surface area contributed by atoms with E-state index in [4.69, 9.17) is 13.9 Å². The third kappa shape index (κ3) is 3.38. The van der Waals surface area contributed by atoms with Crippen LogP contribution in [-0.4, -0.2) is 18.0 Å². The molecule has 0 bridgehead atoms. The molecule has 3 rings (SSSR count). The van der Waals surface area contributed by atoms with Crippen molar-refractivity contribution < 1.29 is 18.7 Å². The Morgan fingerprint density at radius 3 is 2.42 bits per heavy atom. The molecule has 0 radical (unpaired) electrons. The average Bonchev–Trinajstić information content (AvgIpc) is 3.03. The lowest BCUT2D eigenvalue weighted by Gasteiger charge is -2.10. The van der Waals surface area contributed by atoms with E-state index in [1.54, 1.807) is 38.3 Å². The van der Waals surface area contributed by atoms with Crippen LogP contribution < -0.4 is 14.8 Å². The quantitative estimate of drug-likeness (QED) is 0.767. The number of methoxy groups -OCH3 is 1. The summed E-state index contributed by atoms with van der Waals surface area (Å²) in [4.78, 5) is 16.0. The second kappa shape index (κ2) is 6.87. The number of nitrogens with one attached hydrogen (secondary N) is 1. The lowest BCUT2D eigenvalue weighted by Crippen LogP contribution is -2.13. The van der Waals surface area contributed by atoms with Crippen LogP contribution in [0.25, 0.3) is 0 Å². The molecule has 0 spiro atoms. The highest BCUT2D eigenvalue weighted by Gasteiger charge is 2.13. The number of oxazole rings is 1. The molecule has 0 aliphatic heterocycles. The second-order valence-corrected chi connectivity index (χ2v) is 4.99. The van der Waals surface area contributed by atoms with E-state index >= 15 is 0 Å². The van der Waals surface area contributed by atoms with Crippen molar-refractivity contribution in [2.75, 3.05) is 12.4 Å². The molecule has 122 valence electrons. The summed E-state index contributed by atoms with van der Waals surface area (Å²) >= 11 is 0. The second-order valence-electron chi connectivity index (χ2n) is 4.99. The Balaban J connectivity index is 1.69. The van der Waals surface area contributed by atoms with Gasteiger partial charge in [0.25, 0.3) is 5.91 Å². The molecule has 0 fully saturated rings. The maximum atomic E-state index is 12.1. The molecule has 1 N–H and O–H groups in total. The molecule has 0 aliphatic rings. The average molecular weight is 324 g/mol. The molecule has 0 saturated heterocycles. The number of nitrogens with zero attached hydrogens (tertiary/aromatic N) is 1. The van der Waals surface area contributed by atoms with E-state index in [1.807, 2.05) is 24.3 Å². The molecule has 0 aliphatic carbocycles. The maximum Gasteiger partial charge on any atom is 0.277 e. The van der Waals surface area contributed by atoms with E-state index < -0.39 is 0 Å². The predicted molar refractivity (Wildman–Crippen MR) is 88.7 cm³/mol. The third-order valence-electron chi connectivity index (χ3n) is 3.37. The van der Waals surface area contributed by atoms with Gasteiger partial charge >= 0.3 is 0 Å². The predicted octanol–water partition coefficient (Wildman–Crippen LogP) is 4.04. The number of rotatable bonds is 5. The molecule has 0 unspecified atom stereocenters. The van der Waals surface area contributed by atoms with Gasteiger partial charge in [-0.3, -0.25) is 4.79 Å². The monoisotopic (exact) mass is 324 g/mol. The Morgan fingerprint density at radius 2 is 1.79 bits per heavy atom. The van der Waals surface area contributed by atoms with Crippen LogP contribution in [0.4, 0.5) is 5.69 Å². The van der Waals surface area contributed by atoms with Gasteiger partial charge in [-0.15, -0.1) is 0 Å². The molecule has 3 aromatic rings. The largest absolute Gasteiger partial charge is 0.493 e. The number of aryl methyl sites for hydroxylation is 1. The number of anilines is 1. The van der Waals surface area contributed by atoms with E-state index in [1.165, 1.54) is 6.39 Å². The number of aromatic nitrogens is 1. The zero-order valence-electron chi connectivity index (χ0n) is 13.3. The van der Waals surface area contributed by atoms with E-state index in [2.05, 4.69) is 10.3 Å². The Bertz CT molecular complexity index is 840. The molecule has 0 atom stereocenters. The van der Waals surface area contributed by atoms with Gasteiger partial charge in [0.05, 0.1) is 7.11 Å². The first kappa shape index (κ1) is 15.6. The Hall–Kier alpha value is -3.28. The minimum atomic E-state index is -0.320. The molecule has 0 saturated carbocycles. The highest BCUT2D eigenvalue weighted by atomic mass is 16.5. The van der Waals surface area contributed by atoms with Crippen LogP contribution in [0.5, 0.6) is 17.2 Å². The summed E-state index contributed by atoms with van der Waals surface area (Å²) in [5.74, 6) is 2.06. The van der Waals surface area contributed by atoms with E-state index in [0.717, 1.165) is 0 Å². The van der Waals surface area contributed by atoms with Crippen molar-refractivity contribution in [3.8, 4) is 17.2 Å². The fourth-order valence-electron chi connectivity index (χ4n) is 2.15. The lowest BCUT2D eigenvalue weighted by atomic mass is 10.2. The number of ether oxygens (including phenoxy) is 2. The number of hydrogen-bond acceptors (Lipinski definition) is 5. The highest BCUT2D eigenvalue weighted by molar-refractivity contribution is 6.03. The van der Waals surface area contributed by atoms with Crippen molar-refractivity contribution in [3.05, 3.63) is 66.4 Å². The Kier molecular flexibility index (Phi) is 4.47. The van der Waals surface area contributed by atoms with Crippen LogP contribution in [0.15, 0.2) is 59.3 Å². The summed E-state index contributed by atoms with van der Waals surface area (Å²) in [6, 6.07) is 14.4. The van der Waals surface area contributed by atoms with Gasteiger partial charge in [-0.1, -0.05) is 12.1 Å². The van der Waals surface area contributed by atoms with Crippen molar-refractivity contribution in [2.24, 2.45) is 0 Å². The van der Waals surface area contributed by atoms with Crippen molar-refractivity contribution in [3.63, 3.8) is 0 Å². The van der Waals surface area contributed by atoms with Crippen LogP contribution >= 0.6 is 0 Å². The van der Waals surface area contributed by atoms with Crippen molar-refractivity contribution in [1.29, 1.82) is 0 Å². The van der Waals surface area contributed by atoms with Gasteiger partial charge in [0.15, 0.2) is 23.6 Å². The number of para-hydroxylation sites is 2. The third-order valence-corrected chi connectivity index (χ3v) is 3.37. The van der Waals surface area contributed by atoms with E-state index in [9.17, 15) is 4.79 Å². The summed E-state index contributed by atoms with van der Waals surface area (Å²) in [5.41, 5.74) is 0.902. The molecular formula is C18H16N2O4. The van der Waals surface area contributed by atoms with Crippen LogP contribution in [0.3, 0.4) is 0 Å². The fraction of sp³-hybridized carbons (Fsp3) is 0.111. The molecule has 1 amide bonds. The fourth-order valence-corrected chi connectivity index (χ4v) is 2.15. The Labute approximate surface area is 139 Å². The van der Waals surface area contributed by atoms with Gasteiger partial charge < -0.3 is 19.2 Å². The van der Waals surface area contributed by atoms with Crippen LogP contribution in [-0.2, 0) is 0 Å². The molecule has 6 nitrogen and oxygen atoms in total. The lowest BCUT2D eigenvalue weighted by molar-refractivity contribution is 0.102. The number of hydrogen-bond donors (Lipinski definition) is 1. The van der Waals surface area contributed by atoms with Crippen molar-refractivity contribution in [1.82, 2.24) is 4.98 Å². The molecular weight excluding hydrogens is 308 g/mol. The summed E-state index contributed by atoms with van der Waals surface area (Å²) in [6.45, 7) is 1.69. The van der Waals surface area contributed by atoms with E-state index in [-0.39, 0.29) is 11.6 Å². The van der Waals surface area contributed by atoms with Gasteiger partial charge in [0.2, 0.25) is 0 Å². The van der Waals surface area contributed by atoms with Crippen LogP contribution in [0, 0.1) is 6.92 Å². The maximum absolute atomic E-state index is 12.1. The van der Waals surface area contributed by atoms with Crippen molar-refractivity contribution in [2.45, 2.75) is 6.92 Å². The first-order valence-corrected chi connectivity index (χ1v) is 7.30. The van der Waals surface area contributed by atoms with Gasteiger partial charge in [-0.05, 0) is 43.3 Å². The first-order valence-electron chi connectivity index (χ1n) is 7.30. The first-order chi connectivity index (χ1) is 11.7. The van der Waals surface area contributed by atoms with E-state index in [0.29, 0.717) is 28.7 Å². The number of benzene rings is 2. The number of carbonyl (C=O) groups excluding carboxylic acids is 1. The molecule has 1 aromatic heterocycles. The normalized spacial score (nSPS) is 10.2. The van der Waals surface area contributed by atoms with Gasteiger partial charge in [-0.25, -0.2) is 4.98 Å². The SMILES string of the molecule is COc1ccccc1Oc1ccc(NC(=O)c2ncoc2C)cc1. The minimum absolute atomic E-state index is 0.268. The van der Waals surface area contributed by atoms with Crippen LogP contribution in [0.1, 0.15) is 16.2 Å². The van der Waals surface area contributed by atoms with Gasteiger partial charge in [0.1, 0.15) is 11.5 Å².